The van der Waals surface area contributed by atoms with Crippen LogP contribution in [-0.2, 0) is 0 Å². The molecule has 0 saturated carbocycles. The molecular formula is C16H13. The summed E-state index contributed by atoms with van der Waals surface area (Å²) >= 11 is 0. The summed E-state index contributed by atoms with van der Waals surface area (Å²) in [6, 6.07) is 19.3. The third kappa shape index (κ3) is 1.67. The van der Waals surface area contributed by atoms with Gasteiger partial charge in [-0.15, -0.1) is 0 Å². The first-order valence-corrected chi connectivity index (χ1v) is 5.56. The van der Waals surface area contributed by atoms with Crippen LogP contribution in [0.25, 0.3) is 5.57 Å². The molecule has 0 spiro atoms. The fourth-order valence-electron chi connectivity index (χ4n) is 1.94. The topological polar surface area (TPSA) is 0 Å². The van der Waals surface area contributed by atoms with Crippen molar-refractivity contribution in [2.45, 2.75) is 6.92 Å². The van der Waals surface area contributed by atoms with Gasteiger partial charge in [0, 0.05) is 0 Å². The standard InChI is InChI=1S/C16H13/c1-12-7-9-14(10-8-12)16-11-15(16)13-5-3-2-4-6-13/h2-11H,1H3. The fraction of sp³-hybridized carbons (Fsp3) is 0.0625. The average molecular weight is 205 g/mol. The highest BCUT2D eigenvalue weighted by atomic mass is 14.3. The third-order valence-corrected chi connectivity index (χ3v) is 2.94. The molecule has 0 atom stereocenters. The molecule has 1 radical (unpaired) electrons. The first kappa shape index (κ1) is 9.41. The lowest BCUT2D eigenvalue weighted by Gasteiger charge is -2.01. The molecule has 0 aromatic heterocycles. The Balaban J connectivity index is 1.81. The summed E-state index contributed by atoms with van der Waals surface area (Å²) < 4.78 is 0. The monoisotopic (exact) mass is 205 g/mol. The van der Waals surface area contributed by atoms with Crippen LogP contribution in [0.2, 0.25) is 0 Å². The zero-order chi connectivity index (χ0) is 11.0. The van der Waals surface area contributed by atoms with Gasteiger partial charge in [-0.3, -0.25) is 0 Å². The van der Waals surface area contributed by atoms with Gasteiger partial charge in [-0.2, -0.15) is 0 Å². The number of hydrogen-bond acceptors (Lipinski definition) is 0. The maximum absolute atomic E-state index is 2.25. The highest BCUT2D eigenvalue weighted by molar-refractivity contribution is 5.97. The smallest absolute Gasteiger partial charge is 0.0563 e. The number of benzene rings is 2. The van der Waals surface area contributed by atoms with E-state index in [2.05, 4.69) is 67.6 Å². The summed E-state index contributed by atoms with van der Waals surface area (Å²) in [7, 11) is 0. The summed E-state index contributed by atoms with van der Waals surface area (Å²) in [5, 5.41) is 0. The molecule has 0 fully saturated rings. The minimum atomic E-state index is 1.31. The average Bonchev–Trinajstić information content (AvgIpc) is 3.11. The first-order valence-electron chi connectivity index (χ1n) is 5.56. The van der Waals surface area contributed by atoms with E-state index in [-0.39, 0.29) is 0 Å². The molecular weight excluding hydrogens is 192 g/mol. The quantitative estimate of drug-likeness (QED) is 0.694. The number of hydrogen-bond donors (Lipinski definition) is 0. The molecule has 2 aromatic rings. The van der Waals surface area contributed by atoms with Crippen LogP contribution in [0.4, 0.5) is 0 Å². The van der Waals surface area contributed by atoms with E-state index in [0.717, 1.165) is 0 Å². The van der Waals surface area contributed by atoms with Crippen LogP contribution in [0.15, 0.2) is 60.7 Å². The van der Waals surface area contributed by atoms with Gasteiger partial charge < -0.3 is 0 Å². The van der Waals surface area contributed by atoms with Gasteiger partial charge >= 0.3 is 0 Å². The molecule has 2 aromatic carbocycles. The normalized spacial score (nSPS) is 14.7. The lowest BCUT2D eigenvalue weighted by Crippen LogP contribution is -1.84. The molecule has 1 aliphatic carbocycles. The van der Waals surface area contributed by atoms with Gasteiger partial charge in [0.2, 0.25) is 0 Å². The molecule has 0 bridgehead atoms. The van der Waals surface area contributed by atoms with E-state index >= 15 is 0 Å². The van der Waals surface area contributed by atoms with Crippen molar-refractivity contribution in [1.29, 1.82) is 0 Å². The number of aryl methyl sites for hydroxylation is 1. The van der Waals surface area contributed by atoms with Gasteiger partial charge in [0.25, 0.3) is 0 Å². The summed E-state index contributed by atoms with van der Waals surface area (Å²) in [5.41, 5.74) is 5.33. The Labute approximate surface area is 96.3 Å². The highest BCUT2D eigenvalue weighted by Crippen LogP contribution is 2.45. The van der Waals surface area contributed by atoms with Gasteiger partial charge in [0.1, 0.15) is 0 Å². The summed E-state index contributed by atoms with van der Waals surface area (Å²) in [6.45, 7) is 2.12. The molecule has 3 rings (SSSR count). The van der Waals surface area contributed by atoms with E-state index in [1.165, 1.54) is 28.2 Å². The minimum absolute atomic E-state index is 1.31. The van der Waals surface area contributed by atoms with Crippen LogP contribution in [-0.4, -0.2) is 0 Å². The number of rotatable bonds is 2. The molecule has 0 heterocycles. The predicted molar refractivity (Wildman–Crippen MR) is 67.9 cm³/mol. The van der Waals surface area contributed by atoms with Gasteiger partial charge in [0.05, 0.1) is 5.92 Å². The molecule has 0 amide bonds. The SMILES string of the molecule is Cc1ccc(C2=C[C]2c2ccccc2)cc1. The Kier molecular flexibility index (Phi) is 2.14. The van der Waals surface area contributed by atoms with Crippen molar-refractivity contribution in [1.82, 2.24) is 0 Å². The lowest BCUT2D eigenvalue weighted by atomic mass is 10.0. The van der Waals surface area contributed by atoms with Crippen molar-refractivity contribution < 1.29 is 0 Å². The Morgan fingerprint density at radius 3 is 2.06 bits per heavy atom. The van der Waals surface area contributed by atoms with Crippen molar-refractivity contribution >= 4 is 5.57 Å². The molecule has 16 heavy (non-hydrogen) atoms. The van der Waals surface area contributed by atoms with Crippen molar-refractivity contribution in [3.05, 3.63) is 83.3 Å². The Morgan fingerprint density at radius 2 is 1.38 bits per heavy atom. The zero-order valence-corrected chi connectivity index (χ0v) is 9.27. The van der Waals surface area contributed by atoms with E-state index in [0.29, 0.717) is 0 Å². The Bertz CT molecular complexity index is 518. The number of allylic oxidation sites excluding steroid dienone is 2. The summed E-state index contributed by atoms with van der Waals surface area (Å²) in [6.07, 6.45) is 2.25. The second kappa shape index (κ2) is 3.64. The Morgan fingerprint density at radius 1 is 0.688 bits per heavy atom. The first-order chi connectivity index (χ1) is 7.84. The van der Waals surface area contributed by atoms with E-state index in [9.17, 15) is 0 Å². The van der Waals surface area contributed by atoms with Crippen LogP contribution < -0.4 is 0 Å². The summed E-state index contributed by atoms with van der Waals surface area (Å²) in [5.74, 6) is 1.38. The maximum Gasteiger partial charge on any atom is 0.0563 e. The Hall–Kier alpha value is -1.82. The highest BCUT2D eigenvalue weighted by Gasteiger charge is 2.28. The molecule has 0 nitrogen and oxygen atoms in total. The van der Waals surface area contributed by atoms with Crippen molar-refractivity contribution in [3.8, 4) is 0 Å². The predicted octanol–water partition coefficient (Wildman–Crippen LogP) is 4.01. The second-order valence-corrected chi connectivity index (χ2v) is 4.20. The molecule has 0 aliphatic heterocycles. The van der Waals surface area contributed by atoms with Crippen LogP contribution in [0.3, 0.4) is 0 Å². The van der Waals surface area contributed by atoms with Gasteiger partial charge in [-0.1, -0.05) is 66.2 Å². The second-order valence-electron chi connectivity index (χ2n) is 4.20. The van der Waals surface area contributed by atoms with Gasteiger partial charge in [-0.05, 0) is 23.6 Å². The van der Waals surface area contributed by atoms with Crippen LogP contribution >= 0.6 is 0 Å². The van der Waals surface area contributed by atoms with Crippen molar-refractivity contribution in [2.24, 2.45) is 0 Å². The zero-order valence-electron chi connectivity index (χ0n) is 9.27. The molecule has 0 N–H and O–H groups in total. The molecule has 1 aliphatic rings. The van der Waals surface area contributed by atoms with Crippen LogP contribution in [0.5, 0.6) is 0 Å². The van der Waals surface area contributed by atoms with E-state index in [1.54, 1.807) is 0 Å². The lowest BCUT2D eigenvalue weighted by molar-refractivity contribution is 1.44. The largest absolute Gasteiger partial charge is 0.0629 e. The van der Waals surface area contributed by atoms with Crippen LogP contribution in [0, 0.1) is 12.8 Å². The minimum Gasteiger partial charge on any atom is -0.0629 e. The fourth-order valence-corrected chi connectivity index (χ4v) is 1.94. The molecule has 0 unspecified atom stereocenters. The molecule has 0 saturated heterocycles. The maximum atomic E-state index is 2.25. The van der Waals surface area contributed by atoms with E-state index in [4.69, 9.17) is 0 Å². The third-order valence-electron chi connectivity index (χ3n) is 2.94. The van der Waals surface area contributed by atoms with Crippen LogP contribution in [0.1, 0.15) is 16.7 Å². The van der Waals surface area contributed by atoms with Gasteiger partial charge in [0.15, 0.2) is 0 Å². The summed E-state index contributed by atoms with van der Waals surface area (Å²) in [4.78, 5) is 0. The molecule has 77 valence electrons. The van der Waals surface area contributed by atoms with E-state index < -0.39 is 0 Å². The van der Waals surface area contributed by atoms with Gasteiger partial charge in [-0.25, -0.2) is 0 Å². The van der Waals surface area contributed by atoms with Crippen molar-refractivity contribution in [3.63, 3.8) is 0 Å². The van der Waals surface area contributed by atoms with Crippen molar-refractivity contribution in [2.75, 3.05) is 0 Å². The molecule has 0 heteroatoms. The van der Waals surface area contributed by atoms with E-state index in [1.807, 2.05) is 0 Å².